The van der Waals surface area contributed by atoms with Crippen molar-refractivity contribution in [3.05, 3.63) is 136 Å². The SMILES string of the molecule is CCOC(=O)C1=C(c2ccc(-n3c(C)nc4cnccc43)cc2)NC(C)=C(C(=O)OCC#Cc2cccnc2)C1CC1Cc2ccccc2C1. The van der Waals surface area contributed by atoms with Gasteiger partial charge in [-0.05, 0) is 93.0 Å². The fourth-order valence-corrected chi connectivity index (χ4v) is 7.17. The van der Waals surface area contributed by atoms with Crippen molar-refractivity contribution in [1.29, 1.82) is 0 Å². The van der Waals surface area contributed by atoms with Crippen LogP contribution in [0.4, 0.5) is 0 Å². The summed E-state index contributed by atoms with van der Waals surface area (Å²) in [6.07, 6.45) is 9.15. The average molecular weight is 664 g/mol. The Bertz CT molecular complexity index is 2180. The van der Waals surface area contributed by atoms with Crippen LogP contribution in [0.25, 0.3) is 22.4 Å². The number of benzene rings is 2. The van der Waals surface area contributed by atoms with Gasteiger partial charge in [-0.25, -0.2) is 14.6 Å². The minimum atomic E-state index is -0.560. The van der Waals surface area contributed by atoms with E-state index in [1.165, 1.54) is 11.1 Å². The number of imidazole rings is 1. The Morgan fingerprint density at radius 2 is 1.62 bits per heavy atom. The number of esters is 2. The highest BCUT2D eigenvalue weighted by molar-refractivity contribution is 6.03. The van der Waals surface area contributed by atoms with Crippen molar-refractivity contribution in [3.63, 3.8) is 0 Å². The molecule has 1 aliphatic heterocycles. The van der Waals surface area contributed by atoms with Gasteiger partial charge in [-0.15, -0.1) is 0 Å². The summed E-state index contributed by atoms with van der Waals surface area (Å²) >= 11 is 0. The monoisotopic (exact) mass is 663 g/mol. The number of ether oxygens (including phenoxy) is 2. The number of carbonyl (C=O) groups is 2. The number of nitrogens with one attached hydrogen (secondary N) is 1. The maximum atomic E-state index is 14.0. The van der Waals surface area contributed by atoms with Crippen LogP contribution in [0.1, 0.15) is 48.3 Å². The van der Waals surface area contributed by atoms with Crippen LogP contribution in [-0.4, -0.2) is 44.7 Å². The molecule has 0 saturated heterocycles. The minimum absolute atomic E-state index is 0.0999. The number of aryl methyl sites for hydroxylation is 1. The number of rotatable bonds is 8. The summed E-state index contributed by atoms with van der Waals surface area (Å²) in [5.41, 5.74) is 8.93. The number of hydrogen-bond donors (Lipinski definition) is 1. The maximum Gasteiger partial charge on any atom is 0.337 e. The van der Waals surface area contributed by atoms with Crippen molar-refractivity contribution in [2.24, 2.45) is 11.8 Å². The number of aromatic nitrogens is 4. The molecule has 2 aromatic carbocycles. The van der Waals surface area contributed by atoms with Gasteiger partial charge in [0.25, 0.3) is 0 Å². The Labute approximate surface area is 291 Å². The van der Waals surface area contributed by atoms with Crippen molar-refractivity contribution in [3.8, 4) is 17.5 Å². The van der Waals surface area contributed by atoms with Gasteiger partial charge >= 0.3 is 11.9 Å². The zero-order valence-corrected chi connectivity index (χ0v) is 28.3. The molecule has 7 rings (SSSR count). The number of allylic oxidation sites excluding steroid dienone is 1. The second kappa shape index (κ2) is 14.2. The van der Waals surface area contributed by atoms with Crippen molar-refractivity contribution < 1.29 is 19.1 Å². The van der Waals surface area contributed by atoms with E-state index in [0.29, 0.717) is 29.0 Å². The summed E-state index contributed by atoms with van der Waals surface area (Å²) in [4.78, 5) is 40.9. The molecular formula is C41H37N5O4. The molecule has 0 fully saturated rings. The first kappa shape index (κ1) is 32.5. The van der Waals surface area contributed by atoms with Crippen LogP contribution in [0.5, 0.6) is 0 Å². The predicted molar refractivity (Wildman–Crippen MR) is 191 cm³/mol. The van der Waals surface area contributed by atoms with E-state index in [1.807, 2.05) is 50.2 Å². The molecule has 0 radical (unpaired) electrons. The summed E-state index contributed by atoms with van der Waals surface area (Å²) < 4.78 is 13.5. The van der Waals surface area contributed by atoms with Crippen LogP contribution >= 0.6 is 0 Å². The highest BCUT2D eigenvalue weighted by Crippen LogP contribution is 2.42. The molecule has 0 saturated carbocycles. The van der Waals surface area contributed by atoms with E-state index in [-0.39, 0.29) is 19.1 Å². The Kier molecular flexibility index (Phi) is 9.26. The normalized spacial score (nSPS) is 15.7. The number of carbonyl (C=O) groups excluding carboxylic acids is 2. The van der Waals surface area contributed by atoms with Gasteiger partial charge in [-0.1, -0.05) is 48.2 Å². The zero-order valence-electron chi connectivity index (χ0n) is 28.3. The standard InChI is InChI=1S/C41H37N5O4/c1-4-49-41(48)38-34(23-29-21-31-11-5-6-12-32(31)22-29)37(40(47)50-20-8-10-28-9-7-18-42-24-28)26(2)44-39(38)30-13-15-33(16-14-30)46-27(3)45-35-25-43-19-17-36(35)46/h5-7,9,11-19,24-25,29,34,44H,4,20-23H2,1-3H3. The molecular weight excluding hydrogens is 626 g/mol. The molecule has 1 N–H and O–H groups in total. The third-order valence-electron chi connectivity index (χ3n) is 9.31. The second-order valence-electron chi connectivity index (χ2n) is 12.5. The predicted octanol–water partition coefficient (Wildman–Crippen LogP) is 6.29. The Morgan fingerprint density at radius 3 is 2.34 bits per heavy atom. The lowest BCUT2D eigenvalue weighted by molar-refractivity contribution is -0.139. The fraction of sp³-hybridized carbons (Fsp3) is 0.244. The van der Waals surface area contributed by atoms with E-state index in [9.17, 15) is 9.59 Å². The first-order valence-electron chi connectivity index (χ1n) is 16.8. The van der Waals surface area contributed by atoms with Crippen LogP contribution in [0.2, 0.25) is 0 Å². The third-order valence-corrected chi connectivity index (χ3v) is 9.31. The highest BCUT2D eigenvalue weighted by atomic mass is 16.5. The lowest BCUT2D eigenvalue weighted by Gasteiger charge is -2.32. The smallest absolute Gasteiger partial charge is 0.337 e. The topological polar surface area (TPSA) is 108 Å². The van der Waals surface area contributed by atoms with Crippen LogP contribution in [0.3, 0.4) is 0 Å². The molecule has 4 heterocycles. The van der Waals surface area contributed by atoms with E-state index in [2.05, 4.69) is 60.9 Å². The number of nitrogens with zero attached hydrogens (tertiary/aromatic N) is 4. The van der Waals surface area contributed by atoms with Gasteiger partial charge in [0.1, 0.15) is 11.3 Å². The second-order valence-corrected chi connectivity index (χ2v) is 12.5. The van der Waals surface area contributed by atoms with Crippen molar-refractivity contribution in [2.75, 3.05) is 13.2 Å². The lowest BCUT2D eigenvalue weighted by Crippen LogP contribution is -2.35. The van der Waals surface area contributed by atoms with E-state index in [0.717, 1.165) is 46.5 Å². The number of hydrogen-bond acceptors (Lipinski definition) is 8. The maximum absolute atomic E-state index is 14.0. The van der Waals surface area contributed by atoms with Gasteiger partial charge < -0.3 is 14.8 Å². The molecule has 9 heteroatoms. The molecule has 50 heavy (non-hydrogen) atoms. The van der Waals surface area contributed by atoms with Crippen LogP contribution in [0.15, 0.2) is 108 Å². The van der Waals surface area contributed by atoms with Crippen LogP contribution in [-0.2, 0) is 31.9 Å². The summed E-state index contributed by atoms with van der Waals surface area (Å²) in [5.74, 6) is 5.43. The van der Waals surface area contributed by atoms with E-state index < -0.39 is 17.9 Å². The van der Waals surface area contributed by atoms with Gasteiger partial charge in [0.05, 0.1) is 35.2 Å². The molecule has 0 amide bonds. The molecule has 2 aliphatic rings. The van der Waals surface area contributed by atoms with E-state index >= 15 is 0 Å². The van der Waals surface area contributed by atoms with Gasteiger partial charge in [-0.2, -0.15) is 0 Å². The third kappa shape index (κ3) is 6.52. The molecule has 1 unspecified atom stereocenters. The summed E-state index contributed by atoms with van der Waals surface area (Å²) in [6, 6.07) is 22.0. The molecule has 1 atom stereocenters. The van der Waals surface area contributed by atoms with Crippen molar-refractivity contribution in [1.82, 2.24) is 24.8 Å². The minimum Gasteiger partial charge on any atom is -0.463 e. The molecule has 1 aliphatic carbocycles. The van der Waals surface area contributed by atoms with E-state index in [4.69, 9.17) is 9.47 Å². The fourth-order valence-electron chi connectivity index (χ4n) is 7.17. The van der Waals surface area contributed by atoms with Crippen molar-refractivity contribution in [2.45, 2.75) is 40.0 Å². The molecule has 0 spiro atoms. The van der Waals surface area contributed by atoms with Crippen LogP contribution < -0.4 is 5.32 Å². The molecule has 5 aromatic rings. The summed E-state index contributed by atoms with van der Waals surface area (Å²) in [6.45, 7) is 5.71. The Hall–Kier alpha value is -6.01. The quantitative estimate of drug-likeness (QED) is 0.153. The first-order chi connectivity index (χ1) is 24.4. The molecule has 3 aromatic heterocycles. The van der Waals surface area contributed by atoms with E-state index in [1.54, 1.807) is 37.8 Å². The Balaban J connectivity index is 1.25. The van der Waals surface area contributed by atoms with Gasteiger partial charge in [0.2, 0.25) is 0 Å². The highest BCUT2D eigenvalue weighted by Gasteiger charge is 2.40. The van der Waals surface area contributed by atoms with Gasteiger partial charge in [0, 0.05) is 41.5 Å². The summed E-state index contributed by atoms with van der Waals surface area (Å²) in [5, 5.41) is 3.42. The summed E-state index contributed by atoms with van der Waals surface area (Å²) in [7, 11) is 0. The van der Waals surface area contributed by atoms with Crippen molar-refractivity contribution >= 4 is 28.7 Å². The largest absolute Gasteiger partial charge is 0.463 e. The van der Waals surface area contributed by atoms with Crippen LogP contribution in [0, 0.1) is 30.6 Å². The zero-order chi connectivity index (χ0) is 34.6. The number of dihydropyridines is 1. The van der Waals surface area contributed by atoms with Gasteiger partial charge in [0.15, 0.2) is 6.61 Å². The number of pyridine rings is 2. The lowest BCUT2D eigenvalue weighted by atomic mass is 9.77. The first-order valence-corrected chi connectivity index (χ1v) is 16.8. The molecule has 0 bridgehead atoms. The molecule has 250 valence electrons. The Morgan fingerprint density at radius 1 is 0.880 bits per heavy atom. The van der Waals surface area contributed by atoms with Gasteiger partial charge in [-0.3, -0.25) is 14.5 Å². The molecule has 9 nitrogen and oxygen atoms in total. The average Bonchev–Trinajstić information content (AvgIpc) is 3.69. The number of fused-ring (bicyclic) bond motifs is 2.